The second-order valence-corrected chi connectivity index (χ2v) is 13.5. The van der Waals surface area contributed by atoms with Crippen LogP contribution in [0.3, 0.4) is 0 Å². The summed E-state index contributed by atoms with van der Waals surface area (Å²) in [5, 5.41) is 22.7. The third-order valence-corrected chi connectivity index (χ3v) is 9.04. The van der Waals surface area contributed by atoms with Gasteiger partial charge in [0, 0.05) is 13.0 Å². The molecule has 0 bridgehead atoms. The number of rotatable bonds is 36. The van der Waals surface area contributed by atoms with E-state index < -0.39 is 5.54 Å². The highest BCUT2D eigenvalue weighted by molar-refractivity contribution is 5.76. The summed E-state index contributed by atoms with van der Waals surface area (Å²) in [6.07, 6.45) is 38.5. The Labute approximate surface area is 269 Å². The number of hydrogen-bond donors (Lipinski definition) is 3. The smallest absolute Gasteiger partial charge is 0.220 e. The summed E-state index contributed by atoms with van der Waals surface area (Å²) in [6.45, 7) is 4.68. The summed E-state index contributed by atoms with van der Waals surface area (Å²) in [5.41, 5.74) is -1.08. The van der Waals surface area contributed by atoms with E-state index in [1.54, 1.807) is 0 Å². The van der Waals surface area contributed by atoms with Crippen molar-refractivity contribution in [2.45, 2.75) is 212 Å². The van der Waals surface area contributed by atoms with E-state index in [1.807, 2.05) is 0 Å². The highest BCUT2D eigenvalue weighted by atomic mass is 16.5. The molecule has 1 amide bonds. The van der Waals surface area contributed by atoms with Gasteiger partial charge in [0.2, 0.25) is 5.91 Å². The summed E-state index contributed by atoms with van der Waals surface area (Å²) in [5.74, 6) is -0.0992. The predicted octanol–water partition coefficient (Wildman–Crippen LogP) is 10.6. The summed E-state index contributed by atoms with van der Waals surface area (Å²) in [4.78, 5) is 12.5. The molecule has 43 heavy (non-hydrogen) atoms. The number of carbonyl (C=O) groups is 1. The van der Waals surface area contributed by atoms with Gasteiger partial charge in [-0.2, -0.15) is 0 Å². The minimum Gasteiger partial charge on any atom is -0.394 e. The third-order valence-electron chi connectivity index (χ3n) is 9.04. The fraction of sp³-hybridized carbons (Fsp3) is 0.974. The van der Waals surface area contributed by atoms with Gasteiger partial charge in [-0.1, -0.05) is 187 Å². The molecule has 0 aromatic carbocycles. The van der Waals surface area contributed by atoms with Gasteiger partial charge in [0.25, 0.3) is 0 Å². The van der Waals surface area contributed by atoms with Crippen molar-refractivity contribution in [2.24, 2.45) is 0 Å². The summed E-state index contributed by atoms with van der Waals surface area (Å²) >= 11 is 0. The lowest BCUT2D eigenvalue weighted by Crippen LogP contribution is -2.57. The van der Waals surface area contributed by atoms with Gasteiger partial charge < -0.3 is 20.3 Å². The van der Waals surface area contributed by atoms with Crippen LogP contribution in [0, 0.1) is 0 Å². The van der Waals surface area contributed by atoms with Crippen LogP contribution in [0.25, 0.3) is 0 Å². The lowest BCUT2D eigenvalue weighted by Gasteiger charge is -2.30. The lowest BCUT2D eigenvalue weighted by atomic mass is 10.0. The molecular formula is C38H77NO4. The Morgan fingerprint density at radius 2 is 0.791 bits per heavy atom. The molecule has 0 unspecified atom stereocenters. The van der Waals surface area contributed by atoms with Crippen LogP contribution in [0.2, 0.25) is 0 Å². The van der Waals surface area contributed by atoms with Crippen molar-refractivity contribution in [1.82, 2.24) is 5.32 Å². The van der Waals surface area contributed by atoms with E-state index in [2.05, 4.69) is 19.2 Å². The van der Waals surface area contributed by atoms with Crippen LogP contribution in [-0.4, -0.2) is 48.1 Å². The van der Waals surface area contributed by atoms with Crippen molar-refractivity contribution in [3.63, 3.8) is 0 Å². The van der Waals surface area contributed by atoms with Crippen LogP contribution in [-0.2, 0) is 9.53 Å². The number of nitrogens with one attached hydrogen (secondary N) is 1. The fourth-order valence-corrected chi connectivity index (χ4v) is 5.94. The quantitative estimate of drug-likeness (QED) is 0.0616. The van der Waals surface area contributed by atoms with Gasteiger partial charge in [0.1, 0.15) is 5.54 Å². The van der Waals surface area contributed by atoms with Gasteiger partial charge in [-0.05, 0) is 12.8 Å². The molecule has 0 aliphatic carbocycles. The second-order valence-electron chi connectivity index (χ2n) is 13.5. The minimum atomic E-state index is -1.08. The molecule has 5 heteroatoms. The van der Waals surface area contributed by atoms with Gasteiger partial charge in [-0.3, -0.25) is 4.79 Å². The first-order chi connectivity index (χ1) is 21.1. The van der Waals surface area contributed by atoms with E-state index in [1.165, 1.54) is 161 Å². The first kappa shape index (κ1) is 42.3. The molecule has 3 N–H and O–H groups in total. The Kier molecular flexibility index (Phi) is 33.7. The SMILES string of the molecule is CCCCCCCCCCCCCCCCCC(=O)NC(CO)(CO)COCCCCCCCCCCCCCCCC. The van der Waals surface area contributed by atoms with Crippen molar-refractivity contribution in [2.75, 3.05) is 26.4 Å². The molecule has 0 fully saturated rings. The number of aliphatic hydroxyl groups is 2. The van der Waals surface area contributed by atoms with Crippen LogP contribution in [0.1, 0.15) is 206 Å². The van der Waals surface area contributed by atoms with E-state index in [4.69, 9.17) is 4.74 Å². The summed E-state index contributed by atoms with van der Waals surface area (Å²) in [7, 11) is 0. The zero-order chi connectivity index (χ0) is 31.5. The van der Waals surface area contributed by atoms with E-state index in [0.29, 0.717) is 13.0 Å². The summed E-state index contributed by atoms with van der Waals surface area (Å²) in [6, 6.07) is 0. The second kappa shape index (κ2) is 34.2. The molecule has 0 atom stereocenters. The molecule has 0 heterocycles. The van der Waals surface area contributed by atoms with Crippen molar-refractivity contribution in [1.29, 1.82) is 0 Å². The minimum absolute atomic E-state index is 0.0992. The average Bonchev–Trinajstić information content (AvgIpc) is 3.02. The molecule has 0 spiro atoms. The van der Waals surface area contributed by atoms with Gasteiger partial charge in [0.05, 0.1) is 19.8 Å². The van der Waals surface area contributed by atoms with E-state index in [-0.39, 0.29) is 25.7 Å². The normalized spacial score (nSPS) is 11.8. The van der Waals surface area contributed by atoms with Crippen LogP contribution in [0.5, 0.6) is 0 Å². The highest BCUT2D eigenvalue weighted by Crippen LogP contribution is 2.15. The number of carbonyl (C=O) groups excluding carboxylic acids is 1. The van der Waals surface area contributed by atoms with Crippen molar-refractivity contribution < 1.29 is 19.7 Å². The first-order valence-corrected chi connectivity index (χ1v) is 19.2. The molecule has 258 valence electrons. The molecule has 0 radical (unpaired) electrons. The van der Waals surface area contributed by atoms with E-state index in [0.717, 1.165) is 25.7 Å². The molecule has 0 aliphatic rings. The third kappa shape index (κ3) is 29.8. The monoisotopic (exact) mass is 612 g/mol. The topological polar surface area (TPSA) is 78.8 Å². The number of hydrogen-bond acceptors (Lipinski definition) is 4. The first-order valence-electron chi connectivity index (χ1n) is 19.2. The number of ether oxygens (including phenoxy) is 1. The Bertz CT molecular complexity index is 552. The molecule has 0 saturated heterocycles. The fourth-order valence-electron chi connectivity index (χ4n) is 5.94. The molecule has 0 aromatic rings. The highest BCUT2D eigenvalue weighted by Gasteiger charge is 2.30. The maximum atomic E-state index is 12.5. The summed E-state index contributed by atoms with van der Waals surface area (Å²) < 4.78 is 5.79. The standard InChI is InChI=1S/C38H77NO4/c1-3-5-7-9-11-13-15-17-19-20-22-24-26-28-30-32-37(42)39-38(34-40,35-41)36-43-33-31-29-27-25-23-21-18-16-14-12-10-8-6-4-2/h40-41H,3-36H2,1-2H3,(H,39,42). The number of unbranched alkanes of at least 4 members (excludes halogenated alkanes) is 27. The lowest BCUT2D eigenvalue weighted by molar-refractivity contribution is -0.126. The van der Waals surface area contributed by atoms with Crippen LogP contribution in [0.4, 0.5) is 0 Å². The van der Waals surface area contributed by atoms with Crippen molar-refractivity contribution >= 4 is 5.91 Å². The number of amides is 1. The van der Waals surface area contributed by atoms with Gasteiger partial charge in [-0.15, -0.1) is 0 Å². The maximum absolute atomic E-state index is 12.5. The molecular weight excluding hydrogens is 534 g/mol. The van der Waals surface area contributed by atoms with Gasteiger partial charge in [0.15, 0.2) is 0 Å². The average molecular weight is 612 g/mol. The maximum Gasteiger partial charge on any atom is 0.220 e. The molecule has 0 aliphatic heterocycles. The Hall–Kier alpha value is -0.650. The largest absolute Gasteiger partial charge is 0.394 e. The zero-order valence-electron chi connectivity index (χ0n) is 29.3. The van der Waals surface area contributed by atoms with Gasteiger partial charge >= 0.3 is 0 Å². The van der Waals surface area contributed by atoms with Crippen LogP contribution < -0.4 is 5.32 Å². The Balaban J connectivity index is 3.63. The van der Waals surface area contributed by atoms with Crippen LogP contribution >= 0.6 is 0 Å². The van der Waals surface area contributed by atoms with E-state index >= 15 is 0 Å². The van der Waals surface area contributed by atoms with Gasteiger partial charge in [-0.25, -0.2) is 0 Å². The zero-order valence-corrected chi connectivity index (χ0v) is 29.3. The van der Waals surface area contributed by atoms with Crippen LogP contribution in [0.15, 0.2) is 0 Å². The van der Waals surface area contributed by atoms with Crippen molar-refractivity contribution in [3.05, 3.63) is 0 Å². The molecule has 0 rings (SSSR count). The van der Waals surface area contributed by atoms with E-state index in [9.17, 15) is 15.0 Å². The predicted molar refractivity (Wildman–Crippen MR) is 186 cm³/mol. The van der Waals surface area contributed by atoms with Crippen molar-refractivity contribution in [3.8, 4) is 0 Å². The molecule has 0 saturated carbocycles. The molecule has 5 nitrogen and oxygen atoms in total. The Morgan fingerprint density at radius 1 is 0.488 bits per heavy atom. The molecule has 0 aromatic heterocycles. The number of aliphatic hydroxyl groups excluding tert-OH is 2. The Morgan fingerprint density at radius 3 is 1.12 bits per heavy atom.